The van der Waals surface area contributed by atoms with E-state index >= 15 is 0 Å². The summed E-state index contributed by atoms with van der Waals surface area (Å²) in [4.78, 5) is 21.0. The Kier molecular flexibility index (Phi) is 4.51. The van der Waals surface area contributed by atoms with Crippen LogP contribution >= 0.6 is 11.3 Å². The number of carbonyl (C=O) groups excluding carboxylic acids is 1. The molecular formula is C16H21N3OS. The molecule has 1 aliphatic rings. The van der Waals surface area contributed by atoms with Crippen molar-refractivity contribution in [2.24, 2.45) is 0 Å². The second-order valence-electron chi connectivity index (χ2n) is 5.61. The molecular weight excluding hydrogens is 282 g/mol. The Morgan fingerprint density at radius 3 is 2.76 bits per heavy atom. The van der Waals surface area contributed by atoms with Crippen molar-refractivity contribution < 1.29 is 4.79 Å². The molecule has 1 amide bonds. The number of para-hydroxylation sites is 1. The molecule has 1 aromatic carbocycles. The Balaban J connectivity index is 1.48. The van der Waals surface area contributed by atoms with Crippen LogP contribution in [0.25, 0.3) is 10.2 Å². The van der Waals surface area contributed by atoms with Crippen molar-refractivity contribution >= 4 is 27.5 Å². The number of likely N-dealkylation sites (N-methyl/N-ethyl adjacent to an activating group) is 1. The topological polar surface area (TPSA) is 36.4 Å². The minimum absolute atomic E-state index is 0.296. The van der Waals surface area contributed by atoms with E-state index in [4.69, 9.17) is 0 Å². The average Bonchev–Trinajstić information content (AvgIpc) is 2.90. The van der Waals surface area contributed by atoms with Crippen molar-refractivity contribution in [1.29, 1.82) is 0 Å². The summed E-state index contributed by atoms with van der Waals surface area (Å²) in [6.07, 6.45) is 2.43. The third kappa shape index (κ3) is 3.60. The second kappa shape index (κ2) is 6.54. The first-order chi connectivity index (χ1) is 10.2. The zero-order valence-corrected chi connectivity index (χ0v) is 13.2. The van der Waals surface area contributed by atoms with Crippen molar-refractivity contribution in [2.45, 2.75) is 19.3 Å². The fourth-order valence-corrected chi connectivity index (χ4v) is 3.64. The maximum Gasteiger partial charge on any atom is 0.222 e. The van der Waals surface area contributed by atoms with E-state index in [1.165, 1.54) is 4.70 Å². The van der Waals surface area contributed by atoms with Gasteiger partial charge in [0, 0.05) is 32.6 Å². The Hall–Kier alpha value is -1.46. The summed E-state index contributed by atoms with van der Waals surface area (Å²) in [6, 6.07) is 8.21. The number of amides is 1. The molecule has 0 atom stereocenters. The van der Waals surface area contributed by atoms with Crippen molar-refractivity contribution in [3.63, 3.8) is 0 Å². The Labute approximate surface area is 129 Å². The monoisotopic (exact) mass is 303 g/mol. The van der Waals surface area contributed by atoms with Crippen LogP contribution < -0.4 is 0 Å². The average molecular weight is 303 g/mol. The number of aromatic nitrogens is 1. The minimum atomic E-state index is 0.296. The van der Waals surface area contributed by atoms with Crippen LogP contribution in [-0.4, -0.2) is 53.9 Å². The van der Waals surface area contributed by atoms with Crippen LogP contribution in [0.5, 0.6) is 0 Å². The van der Waals surface area contributed by atoms with Crippen LogP contribution in [0.4, 0.5) is 0 Å². The van der Waals surface area contributed by atoms with Gasteiger partial charge in [0.1, 0.15) is 0 Å². The number of hydrogen-bond donors (Lipinski definition) is 0. The van der Waals surface area contributed by atoms with Gasteiger partial charge in [-0.1, -0.05) is 12.1 Å². The van der Waals surface area contributed by atoms with Crippen molar-refractivity contribution in [3.05, 3.63) is 29.3 Å². The lowest BCUT2D eigenvalue weighted by molar-refractivity contribution is -0.132. The van der Waals surface area contributed by atoms with Gasteiger partial charge in [0.05, 0.1) is 15.2 Å². The van der Waals surface area contributed by atoms with Crippen LogP contribution in [-0.2, 0) is 11.2 Å². The normalized spacial score (nSPS) is 16.5. The van der Waals surface area contributed by atoms with Crippen molar-refractivity contribution in [1.82, 2.24) is 14.8 Å². The molecule has 4 nitrogen and oxygen atoms in total. The molecule has 1 aliphatic heterocycles. The third-order valence-electron chi connectivity index (χ3n) is 3.98. The molecule has 0 spiro atoms. The molecule has 1 aromatic heterocycles. The molecule has 0 bridgehead atoms. The van der Waals surface area contributed by atoms with Gasteiger partial charge in [-0.25, -0.2) is 4.98 Å². The minimum Gasteiger partial charge on any atom is -0.340 e. The van der Waals surface area contributed by atoms with Gasteiger partial charge >= 0.3 is 0 Å². The summed E-state index contributed by atoms with van der Waals surface area (Å²) in [7, 11) is 2.11. The summed E-state index contributed by atoms with van der Waals surface area (Å²) >= 11 is 1.74. The van der Waals surface area contributed by atoms with Crippen LogP contribution in [0.1, 0.15) is 17.8 Å². The maximum absolute atomic E-state index is 12.2. The van der Waals surface area contributed by atoms with Crippen LogP contribution in [0, 0.1) is 0 Å². The summed E-state index contributed by atoms with van der Waals surface area (Å²) in [6.45, 7) is 3.72. The summed E-state index contributed by atoms with van der Waals surface area (Å²) in [5, 5.41) is 1.14. The lowest BCUT2D eigenvalue weighted by Crippen LogP contribution is -2.47. The quantitative estimate of drug-likeness (QED) is 0.870. The first-order valence-corrected chi connectivity index (χ1v) is 8.35. The maximum atomic E-state index is 12.2. The number of aryl methyl sites for hydroxylation is 1. The highest BCUT2D eigenvalue weighted by atomic mass is 32.1. The van der Waals surface area contributed by atoms with Gasteiger partial charge < -0.3 is 9.80 Å². The van der Waals surface area contributed by atoms with Gasteiger partial charge in [-0.15, -0.1) is 11.3 Å². The molecule has 0 aliphatic carbocycles. The molecule has 5 heteroatoms. The fraction of sp³-hybridized carbons (Fsp3) is 0.500. The van der Waals surface area contributed by atoms with Gasteiger partial charge in [0.15, 0.2) is 0 Å². The highest BCUT2D eigenvalue weighted by Gasteiger charge is 2.18. The largest absolute Gasteiger partial charge is 0.340 e. The molecule has 2 aromatic rings. The van der Waals surface area contributed by atoms with Crippen LogP contribution in [0.2, 0.25) is 0 Å². The molecule has 112 valence electrons. The molecule has 0 unspecified atom stereocenters. The number of thiazole rings is 1. The first kappa shape index (κ1) is 14.5. The Morgan fingerprint density at radius 1 is 1.24 bits per heavy atom. The molecule has 0 saturated carbocycles. The van der Waals surface area contributed by atoms with E-state index in [0.29, 0.717) is 12.3 Å². The molecule has 1 saturated heterocycles. The van der Waals surface area contributed by atoms with Gasteiger partial charge in [0.25, 0.3) is 0 Å². The smallest absolute Gasteiger partial charge is 0.222 e. The molecule has 2 heterocycles. The number of hydrogen-bond acceptors (Lipinski definition) is 4. The number of carbonyl (C=O) groups is 1. The Bertz CT molecular complexity index is 584. The lowest BCUT2D eigenvalue weighted by Gasteiger charge is -2.32. The number of benzene rings is 1. The zero-order chi connectivity index (χ0) is 14.7. The van der Waals surface area contributed by atoms with Crippen molar-refractivity contribution in [2.75, 3.05) is 33.2 Å². The predicted octanol–water partition coefficient (Wildman–Crippen LogP) is 2.39. The van der Waals surface area contributed by atoms with E-state index < -0.39 is 0 Å². The fourth-order valence-electron chi connectivity index (χ4n) is 2.63. The van der Waals surface area contributed by atoms with E-state index in [2.05, 4.69) is 23.0 Å². The summed E-state index contributed by atoms with van der Waals surface area (Å²) in [5.74, 6) is 0.296. The standard InChI is InChI=1S/C16H21N3OS/c1-18-9-11-19(12-10-18)16(20)8-4-7-15-17-13-5-2-3-6-14(13)21-15/h2-3,5-6H,4,7-12H2,1H3. The van der Waals surface area contributed by atoms with Crippen LogP contribution in [0.3, 0.4) is 0 Å². The zero-order valence-electron chi connectivity index (χ0n) is 12.4. The second-order valence-corrected chi connectivity index (χ2v) is 6.73. The summed E-state index contributed by atoms with van der Waals surface area (Å²) < 4.78 is 1.23. The van der Waals surface area contributed by atoms with E-state index in [9.17, 15) is 4.79 Å². The SMILES string of the molecule is CN1CCN(C(=O)CCCc2nc3ccccc3s2)CC1. The van der Waals surface area contributed by atoms with Gasteiger partial charge in [-0.3, -0.25) is 4.79 Å². The van der Waals surface area contributed by atoms with E-state index in [0.717, 1.165) is 49.5 Å². The van der Waals surface area contributed by atoms with Crippen molar-refractivity contribution in [3.8, 4) is 0 Å². The van der Waals surface area contributed by atoms with Crippen LogP contribution in [0.15, 0.2) is 24.3 Å². The Morgan fingerprint density at radius 2 is 2.00 bits per heavy atom. The number of piperazine rings is 1. The van der Waals surface area contributed by atoms with E-state index in [1.54, 1.807) is 11.3 Å². The number of fused-ring (bicyclic) bond motifs is 1. The van der Waals surface area contributed by atoms with E-state index in [1.807, 2.05) is 23.1 Å². The number of nitrogens with zero attached hydrogens (tertiary/aromatic N) is 3. The molecule has 0 N–H and O–H groups in total. The summed E-state index contributed by atoms with van der Waals surface area (Å²) in [5.41, 5.74) is 1.07. The molecule has 3 rings (SSSR count). The van der Waals surface area contributed by atoms with Gasteiger partial charge in [-0.05, 0) is 32.0 Å². The molecule has 0 radical (unpaired) electrons. The van der Waals surface area contributed by atoms with E-state index in [-0.39, 0.29) is 0 Å². The van der Waals surface area contributed by atoms with Gasteiger partial charge in [0.2, 0.25) is 5.91 Å². The molecule has 1 fully saturated rings. The third-order valence-corrected chi connectivity index (χ3v) is 5.07. The number of rotatable bonds is 4. The lowest BCUT2D eigenvalue weighted by atomic mass is 10.2. The van der Waals surface area contributed by atoms with Gasteiger partial charge in [-0.2, -0.15) is 0 Å². The first-order valence-electron chi connectivity index (χ1n) is 7.53. The highest BCUT2D eigenvalue weighted by molar-refractivity contribution is 7.18. The predicted molar refractivity (Wildman–Crippen MR) is 86.6 cm³/mol. The molecule has 21 heavy (non-hydrogen) atoms. The highest BCUT2D eigenvalue weighted by Crippen LogP contribution is 2.22.